The highest BCUT2D eigenvalue weighted by Gasteiger charge is 2.21. The van der Waals surface area contributed by atoms with Gasteiger partial charge >= 0.3 is 12.1 Å². The summed E-state index contributed by atoms with van der Waals surface area (Å²) in [7, 11) is 2.64. The van der Waals surface area contributed by atoms with Crippen molar-refractivity contribution in [2.24, 2.45) is 4.99 Å². The van der Waals surface area contributed by atoms with E-state index < -0.39 is 17.7 Å². The Bertz CT molecular complexity index is 696. The molecule has 7 heteroatoms. The van der Waals surface area contributed by atoms with Gasteiger partial charge in [0.05, 0.1) is 25.9 Å². The SMILES string of the molecule is COC(=O)C(Cc1ccc(C#N)cc1OC)=NC(=O)OC(C)(C)C. The molecular weight excluding hydrogens is 312 g/mol. The van der Waals surface area contributed by atoms with Crippen molar-refractivity contribution in [3.63, 3.8) is 0 Å². The first-order valence-corrected chi connectivity index (χ1v) is 7.16. The highest BCUT2D eigenvalue weighted by Crippen LogP contribution is 2.21. The zero-order valence-corrected chi connectivity index (χ0v) is 14.4. The second-order valence-corrected chi connectivity index (χ2v) is 5.85. The lowest BCUT2D eigenvalue weighted by atomic mass is 10.0. The van der Waals surface area contributed by atoms with Crippen molar-refractivity contribution in [1.82, 2.24) is 0 Å². The van der Waals surface area contributed by atoms with Crippen LogP contribution >= 0.6 is 0 Å². The molecule has 0 aliphatic rings. The average molecular weight is 332 g/mol. The number of nitriles is 1. The fourth-order valence-corrected chi connectivity index (χ4v) is 1.81. The number of carbonyl (C=O) groups excluding carboxylic acids is 2. The molecule has 0 bridgehead atoms. The first kappa shape index (κ1) is 19.2. The monoisotopic (exact) mass is 332 g/mol. The third-order valence-corrected chi connectivity index (χ3v) is 2.81. The molecule has 7 nitrogen and oxygen atoms in total. The van der Waals surface area contributed by atoms with E-state index in [1.807, 2.05) is 6.07 Å². The number of esters is 1. The summed E-state index contributed by atoms with van der Waals surface area (Å²) in [5.41, 5.74) is 0.159. The maximum atomic E-state index is 11.9. The van der Waals surface area contributed by atoms with Crippen LogP contribution in [-0.4, -0.2) is 37.6 Å². The molecule has 1 rings (SSSR count). The van der Waals surface area contributed by atoms with Crippen molar-refractivity contribution < 1.29 is 23.8 Å². The van der Waals surface area contributed by atoms with E-state index in [1.54, 1.807) is 32.9 Å². The highest BCUT2D eigenvalue weighted by molar-refractivity contribution is 6.38. The minimum Gasteiger partial charge on any atom is -0.496 e. The molecule has 24 heavy (non-hydrogen) atoms. The summed E-state index contributed by atoms with van der Waals surface area (Å²) in [5.74, 6) is -0.331. The van der Waals surface area contributed by atoms with Gasteiger partial charge < -0.3 is 14.2 Å². The van der Waals surface area contributed by atoms with Crippen LogP contribution < -0.4 is 4.74 Å². The van der Waals surface area contributed by atoms with E-state index in [0.29, 0.717) is 16.9 Å². The second-order valence-electron chi connectivity index (χ2n) is 5.85. The van der Waals surface area contributed by atoms with Gasteiger partial charge in [0.25, 0.3) is 0 Å². The number of methoxy groups -OCH3 is 2. The standard InChI is InChI=1S/C17H20N2O5/c1-17(2,3)24-16(21)19-13(15(20)23-5)9-12-7-6-11(10-18)8-14(12)22-4/h6-8H,9H2,1-5H3. The lowest BCUT2D eigenvalue weighted by molar-refractivity contribution is -0.132. The highest BCUT2D eigenvalue weighted by atomic mass is 16.6. The first-order chi connectivity index (χ1) is 11.2. The molecule has 0 unspecified atom stereocenters. The Balaban J connectivity index is 3.14. The average Bonchev–Trinajstić information content (AvgIpc) is 2.51. The fraction of sp³-hybridized carbons (Fsp3) is 0.412. The minimum absolute atomic E-state index is 0.000792. The molecule has 0 spiro atoms. The molecule has 128 valence electrons. The number of hydrogen-bond acceptors (Lipinski definition) is 6. The Morgan fingerprint density at radius 1 is 1.25 bits per heavy atom. The van der Waals surface area contributed by atoms with Gasteiger partial charge in [0.15, 0.2) is 0 Å². The van der Waals surface area contributed by atoms with E-state index in [1.165, 1.54) is 20.3 Å². The maximum absolute atomic E-state index is 11.9. The first-order valence-electron chi connectivity index (χ1n) is 7.16. The van der Waals surface area contributed by atoms with Gasteiger partial charge in [0.1, 0.15) is 17.1 Å². The molecule has 1 aromatic rings. The van der Waals surface area contributed by atoms with Gasteiger partial charge in [-0.25, -0.2) is 9.59 Å². The quantitative estimate of drug-likeness (QED) is 0.621. The van der Waals surface area contributed by atoms with Crippen LogP contribution in [0.5, 0.6) is 5.75 Å². The molecule has 0 heterocycles. The summed E-state index contributed by atoms with van der Waals surface area (Å²) in [4.78, 5) is 27.4. The number of nitrogens with zero attached hydrogens (tertiary/aromatic N) is 2. The van der Waals surface area contributed by atoms with Crippen molar-refractivity contribution in [2.45, 2.75) is 32.8 Å². The van der Waals surface area contributed by atoms with Crippen LogP contribution in [0.2, 0.25) is 0 Å². The van der Waals surface area contributed by atoms with Gasteiger partial charge in [-0.2, -0.15) is 10.3 Å². The Labute approximate surface area is 140 Å². The van der Waals surface area contributed by atoms with Crippen LogP contribution in [-0.2, 0) is 20.7 Å². The summed E-state index contributed by atoms with van der Waals surface area (Å²) in [5, 5.41) is 8.92. The minimum atomic E-state index is -0.879. The summed E-state index contributed by atoms with van der Waals surface area (Å²) >= 11 is 0. The third-order valence-electron chi connectivity index (χ3n) is 2.81. The van der Waals surface area contributed by atoms with Crippen molar-refractivity contribution in [3.05, 3.63) is 29.3 Å². The normalized spacial score (nSPS) is 11.4. The van der Waals surface area contributed by atoms with Crippen LogP contribution in [0, 0.1) is 11.3 Å². The molecule has 0 N–H and O–H groups in total. The fourth-order valence-electron chi connectivity index (χ4n) is 1.81. The maximum Gasteiger partial charge on any atom is 0.434 e. The van der Waals surface area contributed by atoms with Gasteiger partial charge in [-0.1, -0.05) is 6.07 Å². The van der Waals surface area contributed by atoms with E-state index >= 15 is 0 Å². The van der Waals surface area contributed by atoms with Crippen LogP contribution in [0.1, 0.15) is 31.9 Å². The number of aliphatic imine (C=N–C) groups is 1. The molecule has 0 fully saturated rings. The van der Waals surface area contributed by atoms with E-state index in [4.69, 9.17) is 14.7 Å². The summed E-state index contributed by atoms with van der Waals surface area (Å²) in [6.45, 7) is 5.09. The topological polar surface area (TPSA) is 98.0 Å². The zero-order valence-electron chi connectivity index (χ0n) is 14.4. The number of ether oxygens (including phenoxy) is 3. The number of benzene rings is 1. The smallest absolute Gasteiger partial charge is 0.434 e. The van der Waals surface area contributed by atoms with Gasteiger partial charge in [0, 0.05) is 12.0 Å². The molecule has 0 atom stereocenters. The Kier molecular flexibility index (Phi) is 6.48. The predicted molar refractivity (Wildman–Crippen MR) is 87.1 cm³/mol. The molecule has 1 amide bonds. The van der Waals surface area contributed by atoms with Crippen LogP contribution in [0.25, 0.3) is 0 Å². The number of carbonyl (C=O) groups is 2. The van der Waals surface area contributed by atoms with E-state index in [2.05, 4.69) is 9.73 Å². The van der Waals surface area contributed by atoms with Crippen molar-refractivity contribution in [1.29, 1.82) is 5.26 Å². The lowest BCUT2D eigenvalue weighted by Gasteiger charge is -2.17. The van der Waals surface area contributed by atoms with Crippen molar-refractivity contribution in [2.75, 3.05) is 14.2 Å². The largest absolute Gasteiger partial charge is 0.496 e. The van der Waals surface area contributed by atoms with Crippen LogP contribution in [0.15, 0.2) is 23.2 Å². The lowest BCUT2D eigenvalue weighted by Crippen LogP contribution is -2.25. The Morgan fingerprint density at radius 3 is 2.42 bits per heavy atom. The Hall–Kier alpha value is -2.88. The molecule has 0 aliphatic carbocycles. The van der Waals surface area contributed by atoms with Gasteiger partial charge in [-0.3, -0.25) is 0 Å². The second kappa shape index (κ2) is 8.11. The third kappa shape index (κ3) is 5.72. The van der Waals surface area contributed by atoms with E-state index in [-0.39, 0.29) is 12.1 Å². The number of rotatable bonds is 4. The molecule has 0 radical (unpaired) electrons. The molecule has 0 saturated heterocycles. The van der Waals surface area contributed by atoms with Crippen molar-refractivity contribution >= 4 is 17.8 Å². The molecule has 1 aromatic carbocycles. The van der Waals surface area contributed by atoms with Gasteiger partial charge in [-0.15, -0.1) is 0 Å². The van der Waals surface area contributed by atoms with E-state index in [9.17, 15) is 9.59 Å². The Morgan fingerprint density at radius 2 is 1.92 bits per heavy atom. The molecular formula is C17H20N2O5. The molecule has 0 saturated carbocycles. The number of amides is 1. The van der Waals surface area contributed by atoms with E-state index in [0.717, 1.165) is 0 Å². The predicted octanol–water partition coefficient (Wildman–Crippen LogP) is 2.66. The van der Waals surface area contributed by atoms with Gasteiger partial charge in [0.2, 0.25) is 0 Å². The number of hydrogen-bond donors (Lipinski definition) is 0. The summed E-state index contributed by atoms with van der Waals surface area (Å²) < 4.78 is 15.0. The van der Waals surface area contributed by atoms with Crippen LogP contribution in [0.4, 0.5) is 4.79 Å². The summed E-state index contributed by atoms with van der Waals surface area (Å²) in [6.07, 6.45) is -0.878. The zero-order chi connectivity index (χ0) is 18.3. The van der Waals surface area contributed by atoms with Crippen molar-refractivity contribution in [3.8, 4) is 11.8 Å². The molecule has 0 aromatic heterocycles. The summed E-state index contributed by atoms with van der Waals surface area (Å²) in [6, 6.07) is 6.75. The van der Waals surface area contributed by atoms with Crippen LogP contribution in [0.3, 0.4) is 0 Å². The molecule has 0 aliphatic heterocycles. The van der Waals surface area contributed by atoms with Gasteiger partial charge in [-0.05, 0) is 32.9 Å².